The van der Waals surface area contributed by atoms with Gasteiger partial charge in [0.2, 0.25) is 0 Å². The number of hydrogen-bond donors (Lipinski definition) is 0. The molecule has 110 valence electrons. The molecule has 2 aromatic rings. The number of ether oxygens (including phenoxy) is 2. The SMILES string of the molecule is CO/C(=C/Oc1cc(C)ccc1C(C)C)c1ccccc1. The Morgan fingerprint density at radius 3 is 2.38 bits per heavy atom. The van der Waals surface area contributed by atoms with Gasteiger partial charge in [-0.15, -0.1) is 0 Å². The lowest BCUT2D eigenvalue weighted by atomic mass is 10.0. The maximum atomic E-state index is 5.90. The fraction of sp³-hybridized carbons (Fsp3) is 0.263. The summed E-state index contributed by atoms with van der Waals surface area (Å²) in [5.74, 6) is 2.01. The molecule has 0 saturated carbocycles. The van der Waals surface area contributed by atoms with E-state index in [0.29, 0.717) is 11.7 Å². The van der Waals surface area contributed by atoms with Crippen molar-refractivity contribution in [1.29, 1.82) is 0 Å². The van der Waals surface area contributed by atoms with Gasteiger partial charge >= 0.3 is 0 Å². The molecule has 0 atom stereocenters. The molecule has 2 heteroatoms. The van der Waals surface area contributed by atoms with Gasteiger partial charge in [0, 0.05) is 5.56 Å². The topological polar surface area (TPSA) is 18.5 Å². The van der Waals surface area contributed by atoms with E-state index in [1.54, 1.807) is 13.4 Å². The second kappa shape index (κ2) is 6.98. The maximum Gasteiger partial charge on any atom is 0.161 e. The monoisotopic (exact) mass is 282 g/mol. The van der Waals surface area contributed by atoms with Crippen LogP contribution in [0.3, 0.4) is 0 Å². The molecule has 0 saturated heterocycles. The third kappa shape index (κ3) is 3.88. The Hall–Kier alpha value is -2.22. The molecule has 0 aliphatic rings. The van der Waals surface area contributed by atoms with Gasteiger partial charge in [-0.1, -0.05) is 56.3 Å². The average molecular weight is 282 g/mol. The minimum absolute atomic E-state index is 0.414. The molecule has 21 heavy (non-hydrogen) atoms. The Kier molecular flexibility index (Phi) is 5.04. The number of rotatable bonds is 5. The third-order valence-electron chi connectivity index (χ3n) is 3.36. The molecule has 0 aliphatic carbocycles. The second-order valence-corrected chi connectivity index (χ2v) is 5.37. The Balaban J connectivity index is 2.29. The van der Waals surface area contributed by atoms with Crippen LogP contribution >= 0.6 is 0 Å². The van der Waals surface area contributed by atoms with E-state index in [2.05, 4.69) is 39.0 Å². The third-order valence-corrected chi connectivity index (χ3v) is 3.36. The van der Waals surface area contributed by atoms with Crippen molar-refractivity contribution >= 4 is 5.76 Å². The molecular formula is C19H22O2. The predicted octanol–water partition coefficient (Wildman–Crippen LogP) is 5.14. The van der Waals surface area contributed by atoms with Crippen molar-refractivity contribution in [1.82, 2.24) is 0 Å². The summed E-state index contributed by atoms with van der Waals surface area (Å²) in [5.41, 5.74) is 3.38. The maximum absolute atomic E-state index is 5.90. The van der Waals surface area contributed by atoms with Crippen molar-refractivity contribution < 1.29 is 9.47 Å². The van der Waals surface area contributed by atoms with Crippen LogP contribution in [-0.2, 0) is 4.74 Å². The predicted molar refractivity (Wildman–Crippen MR) is 87.3 cm³/mol. The quantitative estimate of drug-likeness (QED) is 0.707. The van der Waals surface area contributed by atoms with E-state index in [1.807, 2.05) is 30.3 Å². The van der Waals surface area contributed by atoms with Crippen LogP contribution in [0, 0.1) is 6.92 Å². The molecule has 0 spiro atoms. The van der Waals surface area contributed by atoms with Crippen LogP contribution in [0.5, 0.6) is 5.75 Å². The first kappa shape index (κ1) is 15.2. The molecule has 0 bridgehead atoms. The van der Waals surface area contributed by atoms with Gasteiger partial charge in [-0.3, -0.25) is 0 Å². The van der Waals surface area contributed by atoms with Gasteiger partial charge in [-0.2, -0.15) is 0 Å². The molecule has 0 aromatic heterocycles. The van der Waals surface area contributed by atoms with Crippen LogP contribution in [0.1, 0.15) is 36.5 Å². The lowest BCUT2D eigenvalue weighted by Crippen LogP contribution is -1.96. The molecule has 0 aliphatic heterocycles. The molecule has 2 aromatic carbocycles. The normalized spacial score (nSPS) is 11.6. The summed E-state index contributed by atoms with van der Waals surface area (Å²) >= 11 is 0. The Labute approximate surface area is 127 Å². The Morgan fingerprint density at radius 1 is 1.05 bits per heavy atom. The largest absolute Gasteiger partial charge is 0.493 e. The standard InChI is InChI=1S/C19H22O2/c1-14(2)17-11-10-15(3)12-18(17)21-13-19(20-4)16-8-6-5-7-9-16/h5-14H,1-4H3/b19-13+. The fourth-order valence-corrected chi connectivity index (χ4v) is 2.17. The fourth-order valence-electron chi connectivity index (χ4n) is 2.17. The highest BCUT2D eigenvalue weighted by atomic mass is 16.5. The second-order valence-electron chi connectivity index (χ2n) is 5.37. The molecule has 2 nitrogen and oxygen atoms in total. The van der Waals surface area contributed by atoms with Crippen LogP contribution < -0.4 is 4.74 Å². The van der Waals surface area contributed by atoms with Crippen molar-refractivity contribution in [2.24, 2.45) is 0 Å². The highest BCUT2D eigenvalue weighted by Gasteiger charge is 2.08. The summed E-state index contributed by atoms with van der Waals surface area (Å²) in [4.78, 5) is 0. The molecule has 2 rings (SSSR count). The number of hydrogen-bond acceptors (Lipinski definition) is 2. The van der Waals surface area contributed by atoms with E-state index < -0.39 is 0 Å². The van der Waals surface area contributed by atoms with E-state index in [0.717, 1.165) is 11.3 Å². The summed E-state index contributed by atoms with van der Waals surface area (Å²) < 4.78 is 11.3. The average Bonchev–Trinajstić information content (AvgIpc) is 2.48. The molecule has 0 radical (unpaired) electrons. The van der Waals surface area contributed by atoms with E-state index >= 15 is 0 Å². The van der Waals surface area contributed by atoms with Crippen molar-refractivity contribution in [2.45, 2.75) is 26.7 Å². The van der Waals surface area contributed by atoms with Gasteiger partial charge in [0.05, 0.1) is 7.11 Å². The van der Waals surface area contributed by atoms with Crippen molar-refractivity contribution in [3.63, 3.8) is 0 Å². The molecule has 0 amide bonds. The zero-order chi connectivity index (χ0) is 15.2. The van der Waals surface area contributed by atoms with Gasteiger partial charge in [0.25, 0.3) is 0 Å². The first-order valence-electron chi connectivity index (χ1n) is 7.18. The summed E-state index contributed by atoms with van der Waals surface area (Å²) in [6.45, 7) is 6.39. The highest BCUT2D eigenvalue weighted by molar-refractivity contribution is 5.59. The molecule has 0 fully saturated rings. The Bertz CT molecular complexity index is 613. The lowest BCUT2D eigenvalue weighted by Gasteiger charge is -2.13. The van der Waals surface area contributed by atoms with E-state index in [9.17, 15) is 0 Å². The first-order valence-corrected chi connectivity index (χ1v) is 7.18. The molecular weight excluding hydrogens is 260 g/mol. The summed E-state index contributed by atoms with van der Waals surface area (Å²) in [6, 6.07) is 16.2. The lowest BCUT2D eigenvalue weighted by molar-refractivity contribution is 0.351. The first-order chi connectivity index (χ1) is 10.1. The van der Waals surface area contributed by atoms with Crippen LogP contribution in [0.25, 0.3) is 5.76 Å². The summed E-state index contributed by atoms with van der Waals surface area (Å²) in [6.07, 6.45) is 1.68. The minimum Gasteiger partial charge on any atom is -0.493 e. The van der Waals surface area contributed by atoms with Crippen molar-refractivity contribution in [2.75, 3.05) is 7.11 Å². The number of methoxy groups -OCH3 is 1. The van der Waals surface area contributed by atoms with Crippen molar-refractivity contribution in [3.05, 3.63) is 71.5 Å². The van der Waals surface area contributed by atoms with E-state index in [1.165, 1.54) is 11.1 Å². The van der Waals surface area contributed by atoms with Crippen LogP contribution in [0.4, 0.5) is 0 Å². The minimum atomic E-state index is 0.414. The highest BCUT2D eigenvalue weighted by Crippen LogP contribution is 2.28. The summed E-state index contributed by atoms with van der Waals surface area (Å²) in [7, 11) is 1.65. The number of aryl methyl sites for hydroxylation is 1. The van der Waals surface area contributed by atoms with Crippen LogP contribution in [0.15, 0.2) is 54.8 Å². The molecule has 0 heterocycles. The number of benzene rings is 2. The van der Waals surface area contributed by atoms with Gasteiger partial charge in [0.15, 0.2) is 5.76 Å². The van der Waals surface area contributed by atoms with Crippen LogP contribution in [-0.4, -0.2) is 7.11 Å². The van der Waals surface area contributed by atoms with Gasteiger partial charge in [-0.25, -0.2) is 0 Å². The van der Waals surface area contributed by atoms with Gasteiger partial charge in [0.1, 0.15) is 12.0 Å². The zero-order valence-corrected chi connectivity index (χ0v) is 13.1. The summed E-state index contributed by atoms with van der Waals surface area (Å²) in [5, 5.41) is 0. The van der Waals surface area contributed by atoms with Crippen LogP contribution in [0.2, 0.25) is 0 Å². The Morgan fingerprint density at radius 2 is 1.76 bits per heavy atom. The van der Waals surface area contributed by atoms with Gasteiger partial charge < -0.3 is 9.47 Å². The van der Waals surface area contributed by atoms with Crippen molar-refractivity contribution in [3.8, 4) is 5.75 Å². The van der Waals surface area contributed by atoms with E-state index in [-0.39, 0.29) is 0 Å². The molecule has 0 N–H and O–H groups in total. The van der Waals surface area contributed by atoms with E-state index in [4.69, 9.17) is 9.47 Å². The molecule has 0 unspecified atom stereocenters. The smallest absolute Gasteiger partial charge is 0.161 e. The zero-order valence-electron chi connectivity index (χ0n) is 13.1. The van der Waals surface area contributed by atoms with Gasteiger partial charge in [-0.05, 0) is 30.0 Å².